The predicted octanol–water partition coefficient (Wildman–Crippen LogP) is 4.02. The molecule has 0 unspecified atom stereocenters. The van der Waals surface area contributed by atoms with Crippen LogP contribution in [0.15, 0.2) is 48.5 Å². The van der Waals surface area contributed by atoms with Gasteiger partial charge >= 0.3 is 0 Å². The summed E-state index contributed by atoms with van der Waals surface area (Å²) in [6.07, 6.45) is 5.14. The molecule has 1 aliphatic heterocycles. The van der Waals surface area contributed by atoms with E-state index in [0.29, 0.717) is 6.42 Å². The molecule has 1 heterocycles. The largest absolute Gasteiger partial charge is 0.326 e. The number of fused-ring (bicyclic) bond motifs is 2. The van der Waals surface area contributed by atoms with Crippen LogP contribution in [0, 0.1) is 0 Å². The standard InChI is InChI=1S/C21H22N2O2/c24-19(11-8-15-6-2-1-3-7-15)22-16-9-10-18-17(14-16)21(20(25)23-18)12-4-5-13-21/h1-3,6-7,9-10,14H,4-5,8,11-13H2,(H,22,24)(H,23,25). The number of rotatable bonds is 4. The monoisotopic (exact) mass is 334 g/mol. The molecule has 128 valence electrons. The highest BCUT2D eigenvalue weighted by molar-refractivity contribution is 6.07. The maximum absolute atomic E-state index is 12.4. The van der Waals surface area contributed by atoms with Gasteiger partial charge in [0.1, 0.15) is 0 Å². The van der Waals surface area contributed by atoms with Crippen molar-refractivity contribution in [1.82, 2.24) is 0 Å². The van der Waals surface area contributed by atoms with Crippen LogP contribution >= 0.6 is 0 Å². The van der Waals surface area contributed by atoms with Crippen LogP contribution in [0.2, 0.25) is 0 Å². The molecule has 1 spiro atoms. The van der Waals surface area contributed by atoms with Crippen molar-refractivity contribution in [3.8, 4) is 0 Å². The van der Waals surface area contributed by atoms with Gasteiger partial charge in [0.15, 0.2) is 0 Å². The van der Waals surface area contributed by atoms with Gasteiger partial charge in [0.05, 0.1) is 5.41 Å². The predicted molar refractivity (Wildman–Crippen MR) is 98.6 cm³/mol. The molecule has 0 saturated heterocycles. The summed E-state index contributed by atoms with van der Waals surface area (Å²) in [5.41, 5.74) is 3.51. The summed E-state index contributed by atoms with van der Waals surface area (Å²) >= 11 is 0. The topological polar surface area (TPSA) is 58.2 Å². The number of anilines is 2. The minimum Gasteiger partial charge on any atom is -0.326 e. The van der Waals surface area contributed by atoms with Crippen molar-refractivity contribution in [3.63, 3.8) is 0 Å². The minimum absolute atomic E-state index is 0.00144. The van der Waals surface area contributed by atoms with Crippen LogP contribution in [-0.2, 0) is 21.4 Å². The van der Waals surface area contributed by atoms with E-state index in [1.807, 2.05) is 48.5 Å². The first kappa shape index (κ1) is 15.9. The fraction of sp³-hybridized carbons (Fsp3) is 0.333. The van der Waals surface area contributed by atoms with E-state index in [2.05, 4.69) is 10.6 Å². The van der Waals surface area contributed by atoms with E-state index in [1.54, 1.807) is 0 Å². The van der Waals surface area contributed by atoms with Gasteiger partial charge in [-0.2, -0.15) is 0 Å². The summed E-state index contributed by atoms with van der Waals surface area (Å²) in [4.78, 5) is 24.7. The van der Waals surface area contributed by atoms with Gasteiger partial charge in [0.25, 0.3) is 0 Å². The van der Waals surface area contributed by atoms with Gasteiger partial charge in [-0.05, 0) is 48.6 Å². The zero-order valence-corrected chi connectivity index (χ0v) is 14.2. The van der Waals surface area contributed by atoms with Crippen molar-refractivity contribution in [2.24, 2.45) is 0 Å². The van der Waals surface area contributed by atoms with Crippen molar-refractivity contribution in [2.75, 3.05) is 10.6 Å². The van der Waals surface area contributed by atoms with E-state index in [-0.39, 0.29) is 17.2 Å². The molecular formula is C21H22N2O2. The Morgan fingerprint density at radius 1 is 1.08 bits per heavy atom. The highest BCUT2D eigenvalue weighted by atomic mass is 16.2. The lowest BCUT2D eigenvalue weighted by Crippen LogP contribution is -2.31. The third-order valence-corrected chi connectivity index (χ3v) is 5.44. The molecule has 2 aliphatic rings. The summed E-state index contributed by atoms with van der Waals surface area (Å²) in [6, 6.07) is 15.8. The Labute approximate surface area is 147 Å². The zero-order valence-electron chi connectivity index (χ0n) is 14.2. The molecule has 2 aromatic carbocycles. The van der Waals surface area contributed by atoms with E-state index in [0.717, 1.165) is 54.6 Å². The molecule has 2 N–H and O–H groups in total. The molecule has 0 radical (unpaired) electrons. The molecule has 4 nitrogen and oxygen atoms in total. The smallest absolute Gasteiger partial charge is 0.235 e. The Hall–Kier alpha value is -2.62. The average molecular weight is 334 g/mol. The summed E-state index contributed by atoms with van der Waals surface area (Å²) in [5, 5.41) is 5.99. The molecule has 0 bridgehead atoms. The molecule has 1 aliphatic carbocycles. The lowest BCUT2D eigenvalue weighted by atomic mass is 9.80. The summed E-state index contributed by atoms with van der Waals surface area (Å²) < 4.78 is 0. The van der Waals surface area contributed by atoms with Gasteiger partial charge in [-0.3, -0.25) is 9.59 Å². The fourth-order valence-corrected chi connectivity index (χ4v) is 4.09. The molecule has 4 rings (SSSR count). The second kappa shape index (κ2) is 6.36. The number of benzene rings is 2. The Morgan fingerprint density at radius 2 is 1.84 bits per heavy atom. The van der Waals surface area contributed by atoms with Crippen molar-refractivity contribution in [1.29, 1.82) is 0 Å². The van der Waals surface area contributed by atoms with Gasteiger partial charge in [0, 0.05) is 17.8 Å². The number of carbonyl (C=O) groups excluding carboxylic acids is 2. The number of nitrogens with one attached hydrogen (secondary N) is 2. The Balaban J connectivity index is 1.46. The number of carbonyl (C=O) groups is 2. The lowest BCUT2D eigenvalue weighted by Gasteiger charge is -2.21. The van der Waals surface area contributed by atoms with Crippen LogP contribution in [0.1, 0.15) is 43.2 Å². The first-order chi connectivity index (χ1) is 12.2. The molecule has 0 atom stereocenters. The van der Waals surface area contributed by atoms with Crippen molar-refractivity contribution < 1.29 is 9.59 Å². The van der Waals surface area contributed by atoms with Crippen molar-refractivity contribution in [3.05, 3.63) is 59.7 Å². The number of hydrogen-bond donors (Lipinski definition) is 2. The zero-order chi connectivity index (χ0) is 17.3. The Morgan fingerprint density at radius 3 is 2.60 bits per heavy atom. The Kier molecular flexibility index (Phi) is 4.04. The van der Waals surface area contributed by atoms with E-state index < -0.39 is 0 Å². The molecule has 2 aromatic rings. The molecule has 0 aromatic heterocycles. The van der Waals surface area contributed by atoms with Crippen LogP contribution in [0.4, 0.5) is 11.4 Å². The van der Waals surface area contributed by atoms with Gasteiger partial charge < -0.3 is 10.6 Å². The molecule has 25 heavy (non-hydrogen) atoms. The van der Waals surface area contributed by atoms with Crippen LogP contribution in [0.5, 0.6) is 0 Å². The fourth-order valence-electron chi connectivity index (χ4n) is 4.09. The highest BCUT2D eigenvalue weighted by Gasteiger charge is 2.48. The van der Waals surface area contributed by atoms with Gasteiger partial charge in [0.2, 0.25) is 11.8 Å². The van der Waals surface area contributed by atoms with Crippen LogP contribution in [0.25, 0.3) is 0 Å². The maximum atomic E-state index is 12.4. The number of amides is 2. The van der Waals surface area contributed by atoms with Crippen LogP contribution < -0.4 is 10.6 Å². The summed E-state index contributed by atoms with van der Waals surface area (Å²) in [6.45, 7) is 0. The van der Waals surface area contributed by atoms with Crippen molar-refractivity contribution in [2.45, 2.75) is 43.9 Å². The van der Waals surface area contributed by atoms with Gasteiger partial charge in [-0.1, -0.05) is 43.2 Å². The van der Waals surface area contributed by atoms with E-state index >= 15 is 0 Å². The second-order valence-electron chi connectivity index (χ2n) is 7.04. The van der Waals surface area contributed by atoms with Crippen molar-refractivity contribution >= 4 is 23.2 Å². The van der Waals surface area contributed by atoms with E-state index in [4.69, 9.17) is 0 Å². The number of aryl methyl sites for hydroxylation is 1. The average Bonchev–Trinajstić information content (AvgIpc) is 3.22. The molecule has 4 heteroatoms. The van der Waals surface area contributed by atoms with Gasteiger partial charge in [-0.15, -0.1) is 0 Å². The normalized spacial score (nSPS) is 17.4. The summed E-state index contributed by atoms with van der Waals surface area (Å²) in [5.74, 6) is 0.120. The third kappa shape index (κ3) is 2.93. The quantitative estimate of drug-likeness (QED) is 0.887. The van der Waals surface area contributed by atoms with Crippen LogP contribution in [0.3, 0.4) is 0 Å². The molecular weight excluding hydrogens is 312 g/mol. The third-order valence-electron chi connectivity index (χ3n) is 5.44. The first-order valence-corrected chi connectivity index (χ1v) is 8.97. The SMILES string of the molecule is O=C(CCc1ccccc1)Nc1ccc2c(c1)C1(CCCC1)C(=O)N2. The first-order valence-electron chi connectivity index (χ1n) is 8.97. The number of hydrogen-bond acceptors (Lipinski definition) is 2. The minimum atomic E-state index is -0.375. The van der Waals surface area contributed by atoms with Gasteiger partial charge in [-0.25, -0.2) is 0 Å². The molecule has 1 saturated carbocycles. The van der Waals surface area contributed by atoms with E-state index in [9.17, 15) is 9.59 Å². The lowest BCUT2D eigenvalue weighted by molar-refractivity contribution is -0.120. The van der Waals surface area contributed by atoms with Crippen LogP contribution in [-0.4, -0.2) is 11.8 Å². The second-order valence-corrected chi connectivity index (χ2v) is 7.04. The summed E-state index contributed by atoms with van der Waals surface area (Å²) in [7, 11) is 0. The van der Waals surface area contributed by atoms with E-state index in [1.165, 1.54) is 0 Å². The highest BCUT2D eigenvalue weighted by Crippen LogP contribution is 2.49. The maximum Gasteiger partial charge on any atom is 0.235 e. The molecule has 2 amide bonds. The molecule has 1 fully saturated rings. The Bertz CT molecular complexity index is 808.